The van der Waals surface area contributed by atoms with Crippen LogP contribution in [-0.4, -0.2) is 40.8 Å². The Morgan fingerprint density at radius 2 is 1.76 bits per heavy atom. The quantitative estimate of drug-likeness (QED) is 0.545. The third kappa shape index (κ3) is 4.14. The zero-order chi connectivity index (χ0) is 21.8. The largest absolute Gasteiger partial charge is 0.461 e. The standard InChI is InChI=1S/C24H40O5/c1-8-16-21(27)22(4,5)13-24(16,7)19-10-18-15(3)12-23(6,29-18)11-14(2)17(25)9-20(26)28-19/h14-16,18-19,21,27H,8-13H2,1-7H3/t14-,15?,16+,18?,19-,21?,23+,24-/m1/s1. The lowest BCUT2D eigenvalue weighted by Crippen LogP contribution is -2.44. The highest BCUT2D eigenvalue weighted by Gasteiger charge is 2.59. The number of esters is 1. The van der Waals surface area contributed by atoms with E-state index in [1.807, 2.05) is 6.92 Å². The SMILES string of the molecule is CC[C@H]1C(O)C(C)(C)C[C@@]1(C)[C@H]1CC2O[C@](C)(CC2C)C[C@@H](C)C(=O)CC(=O)O1. The first kappa shape index (κ1) is 22.7. The second-order valence-electron chi connectivity index (χ2n) is 11.4. The van der Waals surface area contributed by atoms with Crippen LogP contribution in [0.25, 0.3) is 0 Å². The van der Waals surface area contributed by atoms with Gasteiger partial charge in [0.15, 0.2) is 0 Å². The third-order valence-electron chi connectivity index (χ3n) is 8.19. The van der Waals surface area contributed by atoms with Crippen molar-refractivity contribution in [2.75, 3.05) is 0 Å². The minimum absolute atomic E-state index is 0.00612. The minimum atomic E-state index is -0.441. The number of Topliss-reactive ketones (excluding diaryl/α,β-unsaturated/α-hetero) is 1. The van der Waals surface area contributed by atoms with Gasteiger partial charge in [-0.25, -0.2) is 0 Å². The minimum Gasteiger partial charge on any atom is -0.461 e. The first-order valence-corrected chi connectivity index (χ1v) is 11.4. The summed E-state index contributed by atoms with van der Waals surface area (Å²) in [5, 5.41) is 11.0. The Kier molecular flexibility index (Phi) is 5.99. The van der Waals surface area contributed by atoms with E-state index in [0.29, 0.717) is 18.8 Å². The van der Waals surface area contributed by atoms with Crippen LogP contribution in [0.4, 0.5) is 0 Å². The maximum Gasteiger partial charge on any atom is 0.313 e. The lowest BCUT2D eigenvalue weighted by Gasteiger charge is -2.40. The molecule has 166 valence electrons. The zero-order valence-electron chi connectivity index (χ0n) is 19.3. The van der Waals surface area contributed by atoms with Crippen LogP contribution in [0.3, 0.4) is 0 Å². The van der Waals surface area contributed by atoms with Gasteiger partial charge in [-0.3, -0.25) is 9.59 Å². The fraction of sp³-hybridized carbons (Fsp3) is 0.917. The van der Waals surface area contributed by atoms with Crippen molar-refractivity contribution in [2.24, 2.45) is 28.6 Å². The highest BCUT2D eigenvalue weighted by Crippen LogP contribution is 2.58. The van der Waals surface area contributed by atoms with Crippen molar-refractivity contribution in [2.45, 2.75) is 111 Å². The average molecular weight is 409 g/mol. The molecule has 2 bridgehead atoms. The maximum atomic E-state index is 12.7. The van der Waals surface area contributed by atoms with Gasteiger partial charge in [0.2, 0.25) is 0 Å². The molecule has 0 aromatic rings. The van der Waals surface area contributed by atoms with Crippen LogP contribution < -0.4 is 0 Å². The summed E-state index contributed by atoms with van der Waals surface area (Å²) in [6, 6.07) is 0. The van der Waals surface area contributed by atoms with Gasteiger partial charge in [0.1, 0.15) is 18.3 Å². The van der Waals surface area contributed by atoms with Gasteiger partial charge in [0.25, 0.3) is 0 Å². The van der Waals surface area contributed by atoms with Crippen LogP contribution in [0.5, 0.6) is 0 Å². The number of rotatable bonds is 2. The smallest absolute Gasteiger partial charge is 0.313 e. The second kappa shape index (κ2) is 7.64. The summed E-state index contributed by atoms with van der Waals surface area (Å²) < 4.78 is 12.6. The number of hydrogen-bond donors (Lipinski definition) is 1. The summed E-state index contributed by atoms with van der Waals surface area (Å²) in [5.74, 6) is -0.344. The lowest BCUT2D eigenvalue weighted by molar-refractivity contribution is -0.164. The molecule has 1 saturated carbocycles. The average Bonchev–Trinajstić information content (AvgIpc) is 2.95. The molecule has 5 nitrogen and oxygen atoms in total. The predicted octanol–water partition coefficient (Wildman–Crippen LogP) is 4.29. The molecule has 0 spiro atoms. The fourth-order valence-electron chi connectivity index (χ4n) is 6.86. The van der Waals surface area contributed by atoms with Crippen LogP contribution >= 0.6 is 0 Å². The number of hydrogen-bond acceptors (Lipinski definition) is 5. The summed E-state index contributed by atoms with van der Waals surface area (Å²) >= 11 is 0. The first-order chi connectivity index (χ1) is 13.3. The number of ether oxygens (including phenoxy) is 2. The van der Waals surface area contributed by atoms with Gasteiger partial charge in [-0.2, -0.15) is 0 Å². The Labute approximate surface area is 175 Å². The highest BCUT2D eigenvalue weighted by atomic mass is 16.6. The molecule has 0 aromatic carbocycles. The Morgan fingerprint density at radius 3 is 2.38 bits per heavy atom. The molecule has 29 heavy (non-hydrogen) atoms. The molecule has 2 saturated heterocycles. The normalized spacial score (nSPS) is 48.3. The Balaban J connectivity index is 1.97. The zero-order valence-corrected chi connectivity index (χ0v) is 19.3. The van der Waals surface area contributed by atoms with Crippen molar-refractivity contribution in [3.05, 3.63) is 0 Å². The summed E-state index contributed by atoms with van der Waals surface area (Å²) in [5.41, 5.74) is -0.927. The van der Waals surface area contributed by atoms with Crippen LogP contribution in [0.15, 0.2) is 0 Å². The van der Waals surface area contributed by atoms with Crippen molar-refractivity contribution >= 4 is 11.8 Å². The van der Waals surface area contributed by atoms with Gasteiger partial charge < -0.3 is 14.6 Å². The predicted molar refractivity (Wildman–Crippen MR) is 111 cm³/mol. The lowest BCUT2D eigenvalue weighted by atomic mass is 9.70. The molecular formula is C24H40O5. The second-order valence-corrected chi connectivity index (χ2v) is 11.4. The van der Waals surface area contributed by atoms with E-state index >= 15 is 0 Å². The monoisotopic (exact) mass is 408 g/mol. The molecule has 3 fully saturated rings. The van der Waals surface area contributed by atoms with E-state index in [2.05, 4.69) is 41.5 Å². The molecule has 1 aliphatic carbocycles. The highest BCUT2D eigenvalue weighted by molar-refractivity contribution is 5.96. The summed E-state index contributed by atoms with van der Waals surface area (Å²) in [4.78, 5) is 25.4. The van der Waals surface area contributed by atoms with E-state index in [1.165, 1.54) is 0 Å². The molecule has 0 aromatic heterocycles. The molecule has 5 heteroatoms. The topological polar surface area (TPSA) is 72.8 Å². The molecule has 2 heterocycles. The number of aliphatic hydroxyl groups excluding tert-OH is 1. The van der Waals surface area contributed by atoms with Crippen LogP contribution in [0.1, 0.15) is 87.0 Å². The summed E-state index contributed by atoms with van der Waals surface area (Å²) in [7, 11) is 0. The van der Waals surface area contributed by atoms with Crippen molar-refractivity contribution in [3.8, 4) is 0 Å². The molecule has 3 unspecified atom stereocenters. The number of aliphatic hydroxyl groups is 1. The number of carbonyl (C=O) groups is 2. The van der Waals surface area contributed by atoms with E-state index in [-0.39, 0.29) is 52.7 Å². The van der Waals surface area contributed by atoms with E-state index < -0.39 is 12.1 Å². The maximum absolute atomic E-state index is 12.7. The summed E-state index contributed by atoms with van der Waals surface area (Å²) in [6.07, 6.45) is 2.80. The van der Waals surface area contributed by atoms with Gasteiger partial charge in [-0.15, -0.1) is 0 Å². The third-order valence-corrected chi connectivity index (χ3v) is 8.19. The number of ketones is 1. The van der Waals surface area contributed by atoms with Crippen molar-refractivity contribution in [1.29, 1.82) is 0 Å². The van der Waals surface area contributed by atoms with Crippen LogP contribution in [0, 0.1) is 28.6 Å². The first-order valence-electron chi connectivity index (χ1n) is 11.4. The number of fused-ring (bicyclic) bond motifs is 2. The van der Waals surface area contributed by atoms with E-state index in [9.17, 15) is 14.7 Å². The van der Waals surface area contributed by atoms with Gasteiger partial charge in [0, 0.05) is 17.8 Å². The molecular weight excluding hydrogens is 368 g/mol. The molecule has 0 radical (unpaired) electrons. The number of cyclic esters (lactones) is 1. The van der Waals surface area contributed by atoms with Gasteiger partial charge in [0.05, 0.1) is 17.8 Å². The molecule has 1 N–H and O–H groups in total. The molecule has 3 aliphatic rings. The van der Waals surface area contributed by atoms with E-state index in [0.717, 1.165) is 19.3 Å². The molecule has 0 amide bonds. The summed E-state index contributed by atoms with van der Waals surface area (Å²) in [6.45, 7) is 14.6. The van der Waals surface area contributed by atoms with Crippen LogP contribution in [0.2, 0.25) is 0 Å². The fourth-order valence-corrected chi connectivity index (χ4v) is 6.86. The molecule has 2 aliphatic heterocycles. The molecule has 3 rings (SSSR count). The van der Waals surface area contributed by atoms with Crippen molar-refractivity contribution in [3.63, 3.8) is 0 Å². The van der Waals surface area contributed by atoms with Crippen molar-refractivity contribution < 1.29 is 24.2 Å². The number of carbonyl (C=O) groups excluding carboxylic acids is 2. The van der Waals surface area contributed by atoms with E-state index in [1.54, 1.807) is 0 Å². The van der Waals surface area contributed by atoms with Gasteiger partial charge in [-0.05, 0) is 43.4 Å². The van der Waals surface area contributed by atoms with Gasteiger partial charge in [-0.1, -0.05) is 48.0 Å². The van der Waals surface area contributed by atoms with Crippen molar-refractivity contribution in [1.82, 2.24) is 0 Å². The Hall–Kier alpha value is -0.940. The molecule has 8 atom stereocenters. The van der Waals surface area contributed by atoms with Crippen LogP contribution in [-0.2, 0) is 19.1 Å². The van der Waals surface area contributed by atoms with E-state index in [4.69, 9.17) is 9.47 Å². The Bertz CT molecular complexity index is 658. The Morgan fingerprint density at radius 1 is 1.10 bits per heavy atom. The van der Waals surface area contributed by atoms with Gasteiger partial charge >= 0.3 is 5.97 Å².